The maximum Gasteiger partial charge on any atom is 0.354 e. The van der Waals surface area contributed by atoms with E-state index in [1.807, 2.05) is 0 Å². The molecule has 0 saturated carbocycles. The van der Waals surface area contributed by atoms with Gasteiger partial charge in [-0.25, -0.2) is 9.78 Å². The predicted octanol–water partition coefficient (Wildman–Crippen LogP) is 1.18. The second-order valence-corrected chi connectivity index (χ2v) is 1.80. The van der Waals surface area contributed by atoms with Crippen molar-refractivity contribution in [2.75, 3.05) is 0 Å². The Morgan fingerprint density at radius 2 is 2.36 bits per heavy atom. The third-order valence-corrected chi connectivity index (χ3v) is 1.07. The highest BCUT2D eigenvalue weighted by molar-refractivity contribution is 5.86. The number of aromatic carboxylic acids is 1. The lowest BCUT2D eigenvalue weighted by Gasteiger charge is -1.91. The Labute approximate surface area is 61.7 Å². The highest BCUT2D eigenvalue weighted by atomic mass is 16.4. The van der Waals surface area contributed by atoms with Gasteiger partial charge in [-0.3, -0.25) is 0 Å². The molecule has 1 aromatic heterocycles. The molecule has 0 unspecified atom stereocenters. The van der Waals surface area contributed by atoms with E-state index >= 15 is 0 Å². The highest BCUT2D eigenvalue weighted by Gasteiger charge is 2.03. The van der Waals surface area contributed by atoms with Crippen molar-refractivity contribution in [1.82, 2.24) is 4.98 Å². The largest absolute Gasteiger partial charge is 0.477 e. The van der Waals surface area contributed by atoms with Gasteiger partial charge in [0.25, 0.3) is 0 Å². The van der Waals surface area contributed by atoms with Gasteiger partial charge in [0.2, 0.25) is 0 Å². The van der Waals surface area contributed by atoms with Gasteiger partial charge in [0, 0.05) is 12.3 Å². The van der Waals surface area contributed by atoms with Crippen LogP contribution in [0.4, 0.5) is 5.69 Å². The van der Waals surface area contributed by atoms with Gasteiger partial charge in [-0.05, 0) is 11.2 Å². The van der Waals surface area contributed by atoms with Gasteiger partial charge in [0.05, 0.1) is 0 Å². The first-order chi connectivity index (χ1) is 5.24. The Bertz CT molecular complexity index is 298. The van der Waals surface area contributed by atoms with Crippen molar-refractivity contribution >= 4 is 11.7 Å². The Morgan fingerprint density at radius 3 is 2.91 bits per heavy atom. The zero-order valence-electron chi connectivity index (χ0n) is 5.39. The molecule has 5 nitrogen and oxygen atoms in total. The van der Waals surface area contributed by atoms with Crippen molar-refractivity contribution in [2.24, 2.45) is 5.18 Å². The molecule has 1 rings (SSSR count). The molecule has 0 aliphatic carbocycles. The third-order valence-electron chi connectivity index (χ3n) is 1.07. The van der Waals surface area contributed by atoms with Gasteiger partial charge >= 0.3 is 5.97 Å². The minimum absolute atomic E-state index is 0.0670. The number of nitrogens with zero attached hydrogens (tertiary/aromatic N) is 2. The van der Waals surface area contributed by atoms with E-state index in [0.717, 1.165) is 6.07 Å². The second kappa shape index (κ2) is 2.87. The van der Waals surface area contributed by atoms with E-state index in [4.69, 9.17) is 5.11 Å². The number of aromatic nitrogens is 1. The Hall–Kier alpha value is -1.78. The summed E-state index contributed by atoms with van der Waals surface area (Å²) in [7, 11) is 0. The summed E-state index contributed by atoms with van der Waals surface area (Å²) in [5, 5.41) is 11.0. The number of nitroso groups, excluding NO2 is 1. The van der Waals surface area contributed by atoms with Gasteiger partial charge in [-0.2, -0.15) is 0 Å². The van der Waals surface area contributed by atoms with Gasteiger partial charge in [-0.1, -0.05) is 0 Å². The van der Waals surface area contributed by atoms with E-state index in [-0.39, 0.29) is 11.4 Å². The zero-order valence-corrected chi connectivity index (χ0v) is 5.39. The van der Waals surface area contributed by atoms with E-state index in [1.54, 1.807) is 0 Å². The Morgan fingerprint density at radius 1 is 1.64 bits per heavy atom. The van der Waals surface area contributed by atoms with Crippen LogP contribution in [0.5, 0.6) is 0 Å². The maximum atomic E-state index is 10.3. The summed E-state index contributed by atoms with van der Waals surface area (Å²) in [5.74, 6) is -1.17. The zero-order chi connectivity index (χ0) is 8.27. The van der Waals surface area contributed by atoms with Crippen LogP contribution >= 0.6 is 0 Å². The molecule has 0 aliphatic heterocycles. The van der Waals surface area contributed by atoms with Gasteiger partial charge in [-0.15, -0.1) is 4.91 Å². The minimum atomic E-state index is -1.17. The molecule has 0 bridgehead atoms. The van der Waals surface area contributed by atoms with Crippen molar-refractivity contribution in [1.29, 1.82) is 0 Å². The molecular weight excluding hydrogens is 148 g/mol. The van der Waals surface area contributed by atoms with Crippen molar-refractivity contribution in [3.63, 3.8) is 0 Å². The number of carbonyl (C=O) groups is 1. The fourth-order valence-corrected chi connectivity index (χ4v) is 0.593. The molecule has 1 N–H and O–H groups in total. The molecule has 0 spiro atoms. The number of pyridine rings is 1. The van der Waals surface area contributed by atoms with Crippen LogP contribution in [0, 0.1) is 4.91 Å². The molecule has 0 atom stereocenters. The maximum absolute atomic E-state index is 10.3. The monoisotopic (exact) mass is 152 g/mol. The average molecular weight is 152 g/mol. The first-order valence-corrected chi connectivity index (χ1v) is 2.77. The quantitative estimate of drug-likeness (QED) is 0.645. The summed E-state index contributed by atoms with van der Waals surface area (Å²) in [6.07, 6.45) is 1.22. The first-order valence-electron chi connectivity index (χ1n) is 2.77. The van der Waals surface area contributed by atoms with Crippen molar-refractivity contribution in [2.45, 2.75) is 0 Å². The van der Waals surface area contributed by atoms with E-state index in [1.165, 1.54) is 12.3 Å². The van der Waals surface area contributed by atoms with Crippen LogP contribution in [0.1, 0.15) is 10.5 Å². The molecule has 1 heterocycles. The van der Waals surface area contributed by atoms with Crippen LogP contribution in [0.3, 0.4) is 0 Å². The number of carboxylic acid groups (broad SMARTS) is 1. The summed E-state index contributed by atoms with van der Waals surface area (Å²) >= 11 is 0. The first kappa shape index (κ1) is 7.33. The van der Waals surface area contributed by atoms with Crippen LogP contribution in [-0.2, 0) is 0 Å². The molecule has 0 aliphatic rings. The highest BCUT2D eigenvalue weighted by Crippen LogP contribution is 2.10. The van der Waals surface area contributed by atoms with Crippen LogP contribution in [0.2, 0.25) is 0 Å². The van der Waals surface area contributed by atoms with Crippen molar-refractivity contribution in [3.8, 4) is 0 Å². The average Bonchev–Trinajstić information content (AvgIpc) is 2.05. The summed E-state index contributed by atoms with van der Waals surface area (Å²) in [5.41, 5.74) is -0.112. The fourth-order valence-electron chi connectivity index (χ4n) is 0.593. The van der Waals surface area contributed by atoms with Crippen molar-refractivity contribution < 1.29 is 9.90 Å². The van der Waals surface area contributed by atoms with Crippen LogP contribution in [0.25, 0.3) is 0 Å². The van der Waals surface area contributed by atoms with Crippen LogP contribution in [-0.4, -0.2) is 16.1 Å². The lowest BCUT2D eigenvalue weighted by molar-refractivity contribution is 0.0690. The molecule has 5 heteroatoms. The molecule has 0 fully saturated rings. The van der Waals surface area contributed by atoms with E-state index in [2.05, 4.69) is 10.2 Å². The molecule has 11 heavy (non-hydrogen) atoms. The molecule has 0 aromatic carbocycles. The van der Waals surface area contributed by atoms with Crippen molar-refractivity contribution in [3.05, 3.63) is 28.9 Å². The van der Waals surface area contributed by atoms with Gasteiger partial charge < -0.3 is 5.11 Å². The third kappa shape index (κ3) is 1.57. The number of hydrogen-bond acceptors (Lipinski definition) is 4. The number of carboxylic acids is 1. The molecule has 1 aromatic rings. The summed E-state index contributed by atoms with van der Waals surface area (Å²) in [6, 6.07) is 2.44. The summed E-state index contributed by atoms with van der Waals surface area (Å²) < 4.78 is 0. The molecular formula is C6H4N2O3. The predicted molar refractivity (Wildman–Crippen MR) is 36.7 cm³/mol. The van der Waals surface area contributed by atoms with Crippen LogP contribution < -0.4 is 0 Å². The van der Waals surface area contributed by atoms with Crippen LogP contribution in [0.15, 0.2) is 23.5 Å². The lowest BCUT2D eigenvalue weighted by atomic mass is 10.3. The summed E-state index contributed by atoms with van der Waals surface area (Å²) in [4.78, 5) is 23.7. The second-order valence-electron chi connectivity index (χ2n) is 1.80. The Balaban J connectivity index is 3.10. The normalized spacial score (nSPS) is 9.09. The smallest absolute Gasteiger partial charge is 0.354 e. The summed E-state index contributed by atoms with van der Waals surface area (Å²) in [6.45, 7) is 0. The van der Waals surface area contributed by atoms with E-state index in [9.17, 15) is 9.70 Å². The van der Waals surface area contributed by atoms with Gasteiger partial charge in [0.15, 0.2) is 0 Å². The molecule has 0 radical (unpaired) electrons. The topological polar surface area (TPSA) is 79.6 Å². The molecule has 56 valence electrons. The number of hydrogen-bond donors (Lipinski definition) is 1. The minimum Gasteiger partial charge on any atom is -0.477 e. The fraction of sp³-hybridized carbons (Fsp3) is 0. The van der Waals surface area contributed by atoms with E-state index < -0.39 is 5.97 Å². The molecule has 0 amide bonds. The Kier molecular flexibility index (Phi) is 1.91. The molecule has 0 saturated heterocycles. The number of rotatable bonds is 2. The SMILES string of the molecule is O=Nc1ccnc(C(=O)O)c1. The van der Waals surface area contributed by atoms with Gasteiger partial charge in [0.1, 0.15) is 11.4 Å². The standard InChI is InChI=1S/C6H4N2O3/c9-6(10)5-3-4(8-11)1-2-7-5/h1-3H,(H,9,10). The lowest BCUT2D eigenvalue weighted by Crippen LogP contribution is -1.98. The van der Waals surface area contributed by atoms with E-state index in [0.29, 0.717) is 0 Å².